The lowest BCUT2D eigenvalue weighted by Crippen LogP contribution is -2.42. The number of rotatable bonds is 9. The van der Waals surface area contributed by atoms with Gasteiger partial charge in [0, 0.05) is 5.69 Å². The summed E-state index contributed by atoms with van der Waals surface area (Å²) in [7, 11) is 1.55. The first-order valence-corrected chi connectivity index (χ1v) is 9.11. The van der Waals surface area contributed by atoms with Crippen LogP contribution < -0.4 is 15.4 Å². The standard InChI is InChI=1S/C21H21N3O6/c1-28-16-8-6-15(7-9-16)23-19(25)12-22-20(26)14-24(13-17-4-2-10-29-17)21(27)18-5-3-11-30-18/h2-11H,12-14H2,1H3,(H,22,26)(H,23,25). The van der Waals surface area contributed by atoms with Gasteiger partial charge in [-0.15, -0.1) is 0 Å². The Morgan fingerprint density at radius 1 is 0.967 bits per heavy atom. The van der Waals surface area contributed by atoms with Crippen LogP contribution >= 0.6 is 0 Å². The van der Waals surface area contributed by atoms with Gasteiger partial charge in [0.25, 0.3) is 5.91 Å². The zero-order valence-electron chi connectivity index (χ0n) is 16.3. The maximum absolute atomic E-state index is 12.6. The molecule has 0 spiro atoms. The minimum atomic E-state index is -0.494. The van der Waals surface area contributed by atoms with Crippen LogP contribution in [0.3, 0.4) is 0 Å². The second-order valence-corrected chi connectivity index (χ2v) is 6.27. The van der Waals surface area contributed by atoms with Gasteiger partial charge in [0.05, 0.1) is 32.7 Å². The molecular formula is C21H21N3O6. The van der Waals surface area contributed by atoms with E-state index in [0.717, 1.165) is 0 Å². The second-order valence-electron chi connectivity index (χ2n) is 6.27. The highest BCUT2D eigenvalue weighted by atomic mass is 16.5. The summed E-state index contributed by atoms with van der Waals surface area (Å²) in [6.45, 7) is -0.428. The largest absolute Gasteiger partial charge is 0.497 e. The van der Waals surface area contributed by atoms with Gasteiger partial charge in [-0.1, -0.05) is 0 Å². The van der Waals surface area contributed by atoms with E-state index in [1.54, 1.807) is 49.6 Å². The average molecular weight is 411 g/mol. The summed E-state index contributed by atoms with van der Waals surface area (Å²) in [6, 6.07) is 13.3. The van der Waals surface area contributed by atoms with E-state index in [9.17, 15) is 14.4 Å². The first-order chi connectivity index (χ1) is 14.5. The second kappa shape index (κ2) is 9.97. The molecule has 1 aromatic carbocycles. The van der Waals surface area contributed by atoms with Crippen LogP contribution in [0.5, 0.6) is 5.75 Å². The normalized spacial score (nSPS) is 10.3. The van der Waals surface area contributed by atoms with Gasteiger partial charge >= 0.3 is 0 Å². The third kappa shape index (κ3) is 5.74. The van der Waals surface area contributed by atoms with Crippen molar-refractivity contribution in [2.75, 3.05) is 25.5 Å². The Kier molecular flexibility index (Phi) is 6.88. The minimum Gasteiger partial charge on any atom is -0.497 e. The van der Waals surface area contributed by atoms with Gasteiger partial charge in [-0.25, -0.2) is 0 Å². The number of hydrogen-bond acceptors (Lipinski definition) is 6. The van der Waals surface area contributed by atoms with Crippen LogP contribution in [0.4, 0.5) is 5.69 Å². The van der Waals surface area contributed by atoms with Crippen molar-refractivity contribution in [1.82, 2.24) is 10.2 Å². The quantitative estimate of drug-likeness (QED) is 0.558. The van der Waals surface area contributed by atoms with Crippen LogP contribution in [0.25, 0.3) is 0 Å². The molecule has 0 fully saturated rings. The minimum absolute atomic E-state index is 0.0813. The number of anilines is 1. The van der Waals surface area contributed by atoms with E-state index in [0.29, 0.717) is 17.2 Å². The molecule has 0 saturated carbocycles. The van der Waals surface area contributed by atoms with Gasteiger partial charge in [0.1, 0.15) is 18.1 Å². The summed E-state index contributed by atoms with van der Waals surface area (Å²) in [5, 5.41) is 5.17. The van der Waals surface area contributed by atoms with Gasteiger partial charge in [-0.05, 0) is 48.5 Å². The van der Waals surface area contributed by atoms with Crippen molar-refractivity contribution in [3.05, 3.63) is 72.6 Å². The molecule has 0 aliphatic carbocycles. The van der Waals surface area contributed by atoms with Crippen molar-refractivity contribution >= 4 is 23.4 Å². The molecule has 0 atom stereocenters. The number of amides is 3. The summed E-state index contributed by atoms with van der Waals surface area (Å²) in [5.41, 5.74) is 0.572. The molecule has 0 aliphatic rings. The molecule has 0 radical (unpaired) electrons. The van der Waals surface area contributed by atoms with E-state index < -0.39 is 17.7 Å². The van der Waals surface area contributed by atoms with Crippen LogP contribution in [-0.2, 0) is 16.1 Å². The van der Waals surface area contributed by atoms with E-state index in [4.69, 9.17) is 13.6 Å². The van der Waals surface area contributed by atoms with Crippen molar-refractivity contribution < 1.29 is 28.0 Å². The monoisotopic (exact) mass is 411 g/mol. The van der Waals surface area contributed by atoms with Crippen molar-refractivity contribution in [2.24, 2.45) is 0 Å². The van der Waals surface area contributed by atoms with E-state index in [2.05, 4.69) is 10.6 Å². The van der Waals surface area contributed by atoms with Crippen LogP contribution in [0.2, 0.25) is 0 Å². The maximum Gasteiger partial charge on any atom is 0.290 e. The van der Waals surface area contributed by atoms with E-state index >= 15 is 0 Å². The molecule has 3 amide bonds. The first-order valence-electron chi connectivity index (χ1n) is 9.11. The predicted octanol–water partition coefficient (Wildman–Crippen LogP) is 2.28. The van der Waals surface area contributed by atoms with Crippen LogP contribution in [0.15, 0.2) is 69.9 Å². The molecule has 0 saturated heterocycles. The number of methoxy groups -OCH3 is 1. The number of nitrogens with one attached hydrogen (secondary N) is 2. The van der Waals surface area contributed by atoms with Crippen molar-refractivity contribution in [2.45, 2.75) is 6.54 Å². The number of carbonyl (C=O) groups is 3. The lowest BCUT2D eigenvalue weighted by atomic mass is 10.3. The SMILES string of the molecule is COc1ccc(NC(=O)CNC(=O)CN(Cc2ccco2)C(=O)c2ccco2)cc1. The van der Waals surface area contributed by atoms with Crippen molar-refractivity contribution in [3.8, 4) is 5.75 Å². The lowest BCUT2D eigenvalue weighted by Gasteiger charge is -2.20. The van der Waals surface area contributed by atoms with Gasteiger partial charge < -0.3 is 29.1 Å². The van der Waals surface area contributed by atoms with Crippen LogP contribution in [-0.4, -0.2) is 42.8 Å². The number of ether oxygens (including phenoxy) is 1. The highest BCUT2D eigenvalue weighted by Crippen LogP contribution is 2.15. The van der Waals surface area contributed by atoms with Crippen LogP contribution in [0, 0.1) is 0 Å². The highest BCUT2D eigenvalue weighted by molar-refractivity contribution is 5.96. The fraction of sp³-hybridized carbons (Fsp3) is 0.190. The molecule has 9 nitrogen and oxygen atoms in total. The Bertz CT molecular complexity index is 965. The molecule has 0 aliphatic heterocycles. The zero-order chi connectivity index (χ0) is 21.3. The number of carbonyl (C=O) groups excluding carboxylic acids is 3. The molecule has 156 valence electrons. The maximum atomic E-state index is 12.6. The Morgan fingerprint density at radius 2 is 1.70 bits per heavy atom. The topological polar surface area (TPSA) is 114 Å². The molecule has 2 aromatic heterocycles. The molecule has 3 rings (SSSR count). The Balaban J connectivity index is 1.54. The average Bonchev–Trinajstić information content (AvgIpc) is 3.46. The summed E-state index contributed by atoms with van der Waals surface area (Å²) >= 11 is 0. The van der Waals surface area contributed by atoms with Gasteiger partial charge in [-0.3, -0.25) is 14.4 Å². The Morgan fingerprint density at radius 3 is 2.33 bits per heavy atom. The number of hydrogen-bond donors (Lipinski definition) is 2. The smallest absolute Gasteiger partial charge is 0.290 e. The molecule has 9 heteroatoms. The number of furan rings is 2. The fourth-order valence-corrected chi connectivity index (χ4v) is 2.63. The van der Waals surface area contributed by atoms with Crippen LogP contribution in [0.1, 0.15) is 16.3 Å². The number of benzene rings is 1. The van der Waals surface area contributed by atoms with E-state index in [-0.39, 0.29) is 25.4 Å². The fourth-order valence-electron chi connectivity index (χ4n) is 2.63. The highest BCUT2D eigenvalue weighted by Gasteiger charge is 2.22. The lowest BCUT2D eigenvalue weighted by molar-refractivity contribution is -0.124. The van der Waals surface area contributed by atoms with Gasteiger partial charge in [0.2, 0.25) is 11.8 Å². The molecule has 0 unspecified atom stereocenters. The Labute approximate surface area is 172 Å². The van der Waals surface area contributed by atoms with E-state index in [1.165, 1.54) is 23.5 Å². The summed E-state index contributed by atoms with van der Waals surface area (Å²) < 4.78 is 15.5. The Hall–Kier alpha value is -4.01. The molecule has 30 heavy (non-hydrogen) atoms. The van der Waals surface area contributed by atoms with Gasteiger partial charge in [-0.2, -0.15) is 0 Å². The van der Waals surface area contributed by atoms with Gasteiger partial charge in [0.15, 0.2) is 5.76 Å². The number of nitrogens with zero attached hydrogens (tertiary/aromatic N) is 1. The molecule has 2 heterocycles. The van der Waals surface area contributed by atoms with Crippen molar-refractivity contribution in [3.63, 3.8) is 0 Å². The summed E-state index contributed by atoms with van der Waals surface area (Å²) in [6.07, 6.45) is 2.86. The van der Waals surface area contributed by atoms with Crippen molar-refractivity contribution in [1.29, 1.82) is 0 Å². The molecule has 3 aromatic rings. The molecular weight excluding hydrogens is 390 g/mol. The third-order valence-electron chi connectivity index (χ3n) is 4.10. The molecule has 0 bridgehead atoms. The summed E-state index contributed by atoms with van der Waals surface area (Å²) in [5.74, 6) is -0.0743. The summed E-state index contributed by atoms with van der Waals surface area (Å²) in [4.78, 5) is 38.3. The molecule has 2 N–H and O–H groups in total. The predicted molar refractivity (Wildman–Crippen MR) is 107 cm³/mol. The first kappa shape index (κ1) is 20.7. The third-order valence-corrected chi connectivity index (χ3v) is 4.10. The van der Waals surface area contributed by atoms with E-state index in [1.807, 2.05) is 0 Å². The zero-order valence-corrected chi connectivity index (χ0v) is 16.3.